The van der Waals surface area contributed by atoms with Gasteiger partial charge < -0.3 is 14.8 Å². The summed E-state index contributed by atoms with van der Waals surface area (Å²) in [5.41, 5.74) is 2.36. The molecule has 5 rings (SSSR count). The second kappa shape index (κ2) is 7.08. The van der Waals surface area contributed by atoms with E-state index in [1.807, 2.05) is 11.1 Å². The van der Waals surface area contributed by atoms with Gasteiger partial charge in [0, 0.05) is 38.6 Å². The number of hydrogen-bond acceptors (Lipinski definition) is 4. The minimum absolute atomic E-state index is 0.0269. The quantitative estimate of drug-likeness (QED) is 0.730. The van der Waals surface area contributed by atoms with E-state index in [9.17, 15) is 9.18 Å². The van der Waals surface area contributed by atoms with Crippen molar-refractivity contribution >= 4 is 5.91 Å². The van der Waals surface area contributed by atoms with Crippen molar-refractivity contribution in [2.24, 2.45) is 0 Å². The molecule has 1 spiro atoms. The number of likely N-dealkylation sites (tertiary alicyclic amines) is 1. The van der Waals surface area contributed by atoms with Gasteiger partial charge in [0.2, 0.25) is 0 Å². The van der Waals surface area contributed by atoms with Crippen LogP contribution in [0.25, 0.3) is 11.3 Å². The number of halogens is 1. The number of amides is 1. The number of aromatic nitrogens is 3. The molecule has 1 saturated heterocycles. The number of pyridine rings is 1. The third kappa shape index (κ3) is 3.11. The number of nitrogens with one attached hydrogen (secondary N) is 1. The number of piperidine rings is 1. The summed E-state index contributed by atoms with van der Waals surface area (Å²) in [6, 6.07) is 10.1. The van der Waals surface area contributed by atoms with Crippen LogP contribution < -0.4 is 5.32 Å². The Labute approximate surface area is 168 Å². The molecule has 0 saturated carbocycles. The summed E-state index contributed by atoms with van der Waals surface area (Å²) < 4.78 is 15.5. The fourth-order valence-corrected chi connectivity index (χ4v) is 4.48. The first kappa shape index (κ1) is 18.0. The van der Waals surface area contributed by atoms with Gasteiger partial charge in [-0.25, -0.2) is 9.37 Å². The lowest BCUT2D eigenvalue weighted by molar-refractivity contribution is 0.0606. The van der Waals surface area contributed by atoms with Crippen LogP contribution in [0.15, 0.2) is 55.0 Å². The van der Waals surface area contributed by atoms with Gasteiger partial charge in [-0.1, -0.05) is 0 Å². The highest BCUT2D eigenvalue weighted by atomic mass is 19.1. The summed E-state index contributed by atoms with van der Waals surface area (Å²) in [5, 5.41) is 3.67. The van der Waals surface area contributed by atoms with Crippen LogP contribution in [0.2, 0.25) is 0 Å². The van der Waals surface area contributed by atoms with Crippen LogP contribution in [-0.4, -0.2) is 45.0 Å². The zero-order valence-electron chi connectivity index (χ0n) is 16.0. The van der Waals surface area contributed by atoms with Gasteiger partial charge in [0.25, 0.3) is 5.91 Å². The molecule has 0 aliphatic carbocycles. The number of carbonyl (C=O) groups excluding carboxylic acids is 1. The second-order valence-corrected chi connectivity index (χ2v) is 7.67. The second-order valence-electron chi connectivity index (χ2n) is 7.67. The molecule has 0 bridgehead atoms. The molecule has 0 radical (unpaired) electrons. The summed E-state index contributed by atoms with van der Waals surface area (Å²) in [4.78, 5) is 23.5. The molecular weight excluding hydrogens is 369 g/mol. The third-order valence-corrected chi connectivity index (χ3v) is 6.04. The van der Waals surface area contributed by atoms with Crippen molar-refractivity contribution in [2.45, 2.75) is 24.9 Å². The number of benzene rings is 1. The van der Waals surface area contributed by atoms with E-state index in [-0.39, 0.29) is 17.3 Å². The average Bonchev–Trinajstić information content (AvgIpc) is 3.21. The highest BCUT2D eigenvalue weighted by Crippen LogP contribution is 2.37. The topological polar surface area (TPSA) is 63.1 Å². The van der Waals surface area contributed by atoms with Crippen molar-refractivity contribution in [1.82, 2.24) is 24.8 Å². The number of hydrogen-bond donors (Lipinski definition) is 1. The van der Waals surface area contributed by atoms with E-state index in [4.69, 9.17) is 4.98 Å². The van der Waals surface area contributed by atoms with E-state index in [1.54, 1.807) is 36.7 Å². The lowest BCUT2D eigenvalue weighted by Gasteiger charge is -2.44. The first-order valence-corrected chi connectivity index (χ1v) is 9.93. The molecule has 7 heteroatoms. The van der Waals surface area contributed by atoms with Crippen molar-refractivity contribution < 1.29 is 9.18 Å². The Morgan fingerprint density at radius 2 is 1.86 bits per heavy atom. The van der Waals surface area contributed by atoms with Gasteiger partial charge in [-0.2, -0.15) is 0 Å². The Morgan fingerprint density at radius 1 is 1.07 bits per heavy atom. The lowest BCUT2D eigenvalue weighted by atomic mass is 9.85. The van der Waals surface area contributed by atoms with Gasteiger partial charge in [-0.3, -0.25) is 9.78 Å². The summed E-state index contributed by atoms with van der Waals surface area (Å²) in [5.74, 6) is 0.798. The SMILES string of the molecule is O=C(c1cccnc1)N1CCC2(CC1)NCCn1c(-c3ccc(F)cc3)cnc12. The predicted molar refractivity (Wildman–Crippen MR) is 107 cm³/mol. The molecule has 1 N–H and O–H groups in total. The van der Waals surface area contributed by atoms with E-state index < -0.39 is 0 Å². The van der Waals surface area contributed by atoms with Crippen molar-refractivity contribution in [3.8, 4) is 11.3 Å². The van der Waals surface area contributed by atoms with E-state index in [0.717, 1.165) is 43.0 Å². The highest BCUT2D eigenvalue weighted by molar-refractivity contribution is 5.93. The smallest absolute Gasteiger partial charge is 0.255 e. The van der Waals surface area contributed by atoms with Gasteiger partial charge in [0.1, 0.15) is 11.6 Å². The molecule has 2 aliphatic heterocycles. The molecule has 2 aliphatic rings. The van der Waals surface area contributed by atoms with E-state index >= 15 is 0 Å². The fourth-order valence-electron chi connectivity index (χ4n) is 4.48. The Morgan fingerprint density at radius 3 is 2.59 bits per heavy atom. The van der Waals surface area contributed by atoms with E-state index in [0.29, 0.717) is 18.7 Å². The van der Waals surface area contributed by atoms with Gasteiger partial charge in [0.15, 0.2) is 0 Å². The van der Waals surface area contributed by atoms with Gasteiger partial charge in [0.05, 0.1) is 23.0 Å². The summed E-state index contributed by atoms with van der Waals surface area (Å²) in [7, 11) is 0. The van der Waals surface area contributed by atoms with Crippen molar-refractivity contribution in [1.29, 1.82) is 0 Å². The molecule has 1 fully saturated rings. The largest absolute Gasteiger partial charge is 0.338 e. The van der Waals surface area contributed by atoms with Crippen molar-refractivity contribution in [3.05, 3.63) is 72.2 Å². The van der Waals surface area contributed by atoms with Gasteiger partial charge in [-0.05, 0) is 54.8 Å². The number of carbonyl (C=O) groups is 1. The van der Waals surface area contributed by atoms with Gasteiger partial charge in [-0.15, -0.1) is 0 Å². The molecule has 6 nitrogen and oxygen atoms in total. The molecule has 29 heavy (non-hydrogen) atoms. The van der Waals surface area contributed by atoms with E-state index in [1.165, 1.54) is 12.1 Å². The normalized spacial score (nSPS) is 17.9. The molecule has 3 aromatic rings. The zero-order valence-corrected chi connectivity index (χ0v) is 16.0. The average molecular weight is 391 g/mol. The lowest BCUT2D eigenvalue weighted by Crippen LogP contribution is -2.56. The number of nitrogens with zero attached hydrogens (tertiary/aromatic N) is 4. The monoisotopic (exact) mass is 391 g/mol. The molecule has 1 aromatic carbocycles. The first-order valence-electron chi connectivity index (χ1n) is 9.93. The molecule has 1 amide bonds. The molecule has 4 heterocycles. The Kier molecular flexibility index (Phi) is 4.39. The Bertz CT molecular complexity index is 1020. The summed E-state index contributed by atoms with van der Waals surface area (Å²) >= 11 is 0. The standard InChI is InChI=1S/C22H22FN5O/c23-18-5-3-16(4-6-18)19-15-25-21-22(26-10-13-28(19)21)7-11-27(12-8-22)20(29)17-2-1-9-24-14-17/h1-6,9,14-15,26H,7-8,10-13H2. The minimum Gasteiger partial charge on any atom is -0.338 e. The van der Waals surface area contributed by atoms with Crippen LogP contribution in [0.3, 0.4) is 0 Å². The van der Waals surface area contributed by atoms with E-state index in [2.05, 4.69) is 14.9 Å². The molecular formula is C22H22FN5O. The maximum atomic E-state index is 13.3. The van der Waals surface area contributed by atoms with Crippen LogP contribution in [0.5, 0.6) is 0 Å². The van der Waals surface area contributed by atoms with Crippen LogP contribution in [0.4, 0.5) is 4.39 Å². The molecule has 2 aromatic heterocycles. The van der Waals surface area contributed by atoms with Crippen LogP contribution >= 0.6 is 0 Å². The molecule has 0 unspecified atom stereocenters. The van der Waals surface area contributed by atoms with Gasteiger partial charge >= 0.3 is 0 Å². The number of fused-ring (bicyclic) bond motifs is 2. The molecule has 0 atom stereocenters. The third-order valence-electron chi connectivity index (χ3n) is 6.04. The Hall–Kier alpha value is -3.06. The number of rotatable bonds is 2. The molecule has 148 valence electrons. The maximum absolute atomic E-state index is 13.3. The van der Waals surface area contributed by atoms with Crippen LogP contribution in [0, 0.1) is 5.82 Å². The number of imidazole rings is 1. The minimum atomic E-state index is -0.240. The van der Waals surface area contributed by atoms with Crippen LogP contribution in [-0.2, 0) is 12.1 Å². The first-order chi connectivity index (χ1) is 14.2. The summed E-state index contributed by atoms with van der Waals surface area (Å²) in [6.07, 6.45) is 6.78. The predicted octanol–water partition coefficient (Wildman–Crippen LogP) is 2.82. The van der Waals surface area contributed by atoms with Crippen molar-refractivity contribution in [3.63, 3.8) is 0 Å². The van der Waals surface area contributed by atoms with Crippen LogP contribution in [0.1, 0.15) is 29.0 Å². The fraction of sp³-hybridized carbons (Fsp3) is 0.318. The Balaban J connectivity index is 1.39. The highest BCUT2D eigenvalue weighted by Gasteiger charge is 2.42. The zero-order chi connectivity index (χ0) is 19.8. The maximum Gasteiger partial charge on any atom is 0.255 e. The van der Waals surface area contributed by atoms with Crippen molar-refractivity contribution in [2.75, 3.05) is 19.6 Å². The summed E-state index contributed by atoms with van der Waals surface area (Å²) in [6.45, 7) is 3.00.